The molecule has 0 spiro atoms. The molecule has 0 radical (unpaired) electrons. The zero-order valence-corrected chi connectivity index (χ0v) is 11.2. The molecule has 4 rings (SSSR count). The van der Waals surface area contributed by atoms with E-state index in [9.17, 15) is 0 Å². The normalized spacial score (nSPS) is 18.7. The van der Waals surface area contributed by atoms with E-state index in [1.807, 2.05) is 18.2 Å². The van der Waals surface area contributed by atoms with Crippen LogP contribution in [0.4, 0.5) is 0 Å². The van der Waals surface area contributed by atoms with E-state index < -0.39 is 0 Å². The van der Waals surface area contributed by atoms with Gasteiger partial charge in [0.25, 0.3) is 0 Å². The third-order valence-corrected chi connectivity index (χ3v) is 4.03. The van der Waals surface area contributed by atoms with Crippen molar-refractivity contribution in [1.29, 1.82) is 0 Å². The van der Waals surface area contributed by atoms with Crippen LogP contribution in [0.25, 0.3) is 22.2 Å². The highest BCUT2D eigenvalue weighted by molar-refractivity contribution is 5.92. The van der Waals surface area contributed by atoms with E-state index in [2.05, 4.69) is 40.8 Å². The van der Waals surface area contributed by atoms with Gasteiger partial charge in [0.05, 0.1) is 0 Å². The number of hydrogen-bond acceptors (Lipinski definition) is 3. The SMILES string of the molecule is c1ccc(C2CCCN2)c(-c2noc3ccccc23)c1. The molecule has 1 atom stereocenters. The van der Waals surface area contributed by atoms with Gasteiger partial charge in [0.1, 0.15) is 5.69 Å². The largest absolute Gasteiger partial charge is 0.356 e. The van der Waals surface area contributed by atoms with Crippen molar-refractivity contribution in [3.63, 3.8) is 0 Å². The lowest BCUT2D eigenvalue weighted by Crippen LogP contribution is -2.13. The first-order chi connectivity index (χ1) is 9.93. The lowest BCUT2D eigenvalue weighted by molar-refractivity contribution is 0.459. The highest BCUT2D eigenvalue weighted by Gasteiger charge is 2.21. The Morgan fingerprint density at radius 3 is 2.80 bits per heavy atom. The van der Waals surface area contributed by atoms with Crippen molar-refractivity contribution in [1.82, 2.24) is 10.5 Å². The molecule has 0 bridgehead atoms. The van der Waals surface area contributed by atoms with Gasteiger partial charge in [0.15, 0.2) is 5.58 Å². The van der Waals surface area contributed by atoms with Crippen molar-refractivity contribution in [2.24, 2.45) is 0 Å². The molecule has 2 heterocycles. The third-order valence-electron chi connectivity index (χ3n) is 4.03. The van der Waals surface area contributed by atoms with Crippen LogP contribution in [0.1, 0.15) is 24.4 Å². The highest BCUT2D eigenvalue weighted by atomic mass is 16.5. The number of fused-ring (bicyclic) bond motifs is 1. The Morgan fingerprint density at radius 2 is 1.90 bits per heavy atom. The Kier molecular flexibility index (Phi) is 2.78. The zero-order chi connectivity index (χ0) is 13.4. The van der Waals surface area contributed by atoms with Crippen LogP contribution in [0.3, 0.4) is 0 Å². The molecule has 1 saturated heterocycles. The summed E-state index contributed by atoms with van der Waals surface area (Å²) in [6.45, 7) is 1.10. The van der Waals surface area contributed by atoms with Gasteiger partial charge in [-0.3, -0.25) is 0 Å². The lowest BCUT2D eigenvalue weighted by atomic mass is 9.96. The summed E-state index contributed by atoms with van der Waals surface area (Å²) in [4.78, 5) is 0. The summed E-state index contributed by atoms with van der Waals surface area (Å²) in [6, 6.07) is 17.0. The molecule has 1 fully saturated rings. The maximum absolute atomic E-state index is 5.45. The molecule has 1 aromatic heterocycles. The Hall–Kier alpha value is -2.13. The molecule has 100 valence electrons. The Balaban J connectivity index is 1.89. The van der Waals surface area contributed by atoms with E-state index in [1.165, 1.54) is 24.0 Å². The minimum atomic E-state index is 0.432. The molecule has 20 heavy (non-hydrogen) atoms. The van der Waals surface area contributed by atoms with Gasteiger partial charge < -0.3 is 9.84 Å². The van der Waals surface area contributed by atoms with Gasteiger partial charge in [0, 0.05) is 17.0 Å². The summed E-state index contributed by atoms with van der Waals surface area (Å²) in [5.41, 5.74) is 4.29. The van der Waals surface area contributed by atoms with Gasteiger partial charge in [-0.1, -0.05) is 41.6 Å². The molecule has 1 unspecified atom stereocenters. The van der Waals surface area contributed by atoms with E-state index >= 15 is 0 Å². The molecule has 1 aliphatic rings. The number of benzene rings is 2. The van der Waals surface area contributed by atoms with E-state index in [-0.39, 0.29) is 0 Å². The van der Waals surface area contributed by atoms with E-state index in [0.29, 0.717) is 6.04 Å². The fourth-order valence-corrected chi connectivity index (χ4v) is 3.05. The lowest BCUT2D eigenvalue weighted by Gasteiger charge is -2.14. The van der Waals surface area contributed by atoms with Crippen LogP contribution in [0, 0.1) is 0 Å². The summed E-state index contributed by atoms with van der Waals surface area (Å²) < 4.78 is 5.45. The number of hydrogen-bond donors (Lipinski definition) is 1. The first kappa shape index (κ1) is 11.7. The first-order valence-electron chi connectivity index (χ1n) is 7.10. The molecule has 0 saturated carbocycles. The van der Waals surface area contributed by atoms with Crippen molar-refractivity contribution in [3.8, 4) is 11.3 Å². The summed E-state index contributed by atoms with van der Waals surface area (Å²) in [6.07, 6.45) is 2.42. The second-order valence-corrected chi connectivity index (χ2v) is 5.26. The predicted molar refractivity (Wildman–Crippen MR) is 79.4 cm³/mol. The standard InChI is InChI=1S/C17H16N2O/c1-2-7-13(12(6-1)15-9-5-11-18-15)17-14-8-3-4-10-16(14)20-19-17/h1-4,6-8,10,15,18H,5,9,11H2. The first-order valence-corrected chi connectivity index (χ1v) is 7.10. The van der Waals surface area contributed by atoms with Crippen LogP contribution >= 0.6 is 0 Å². The molecule has 2 aromatic carbocycles. The van der Waals surface area contributed by atoms with Gasteiger partial charge in [-0.25, -0.2) is 0 Å². The second-order valence-electron chi connectivity index (χ2n) is 5.26. The number of rotatable bonds is 2. The minimum absolute atomic E-state index is 0.432. The van der Waals surface area contributed by atoms with Crippen LogP contribution < -0.4 is 5.32 Å². The number of para-hydroxylation sites is 1. The van der Waals surface area contributed by atoms with E-state index in [0.717, 1.165) is 23.2 Å². The average Bonchev–Trinajstić information content (AvgIpc) is 3.17. The van der Waals surface area contributed by atoms with Gasteiger partial charge in [-0.05, 0) is 37.1 Å². The fraction of sp³-hybridized carbons (Fsp3) is 0.235. The number of nitrogens with one attached hydrogen (secondary N) is 1. The molecular formula is C17H16N2O. The summed E-state index contributed by atoms with van der Waals surface area (Å²) in [5.74, 6) is 0. The topological polar surface area (TPSA) is 38.1 Å². The van der Waals surface area contributed by atoms with Crippen LogP contribution in [0.2, 0.25) is 0 Å². The van der Waals surface area contributed by atoms with Crippen molar-refractivity contribution >= 4 is 11.0 Å². The fourth-order valence-electron chi connectivity index (χ4n) is 3.05. The van der Waals surface area contributed by atoms with Crippen LogP contribution in [0.5, 0.6) is 0 Å². The third kappa shape index (κ3) is 1.82. The zero-order valence-electron chi connectivity index (χ0n) is 11.2. The van der Waals surface area contributed by atoms with Crippen LogP contribution in [0.15, 0.2) is 53.1 Å². The summed E-state index contributed by atoms with van der Waals surface area (Å²) in [5, 5.41) is 8.94. The Labute approximate surface area is 117 Å². The molecular weight excluding hydrogens is 248 g/mol. The Morgan fingerprint density at radius 1 is 1.05 bits per heavy atom. The average molecular weight is 264 g/mol. The van der Waals surface area contributed by atoms with Gasteiger partial charge >= 0.3 is 0 Å². The molecule has 3 aromatic rings. The van der Waals surface area contributed by atoms with Crippen molar-refractivity contribution < 1.29 is 4.52 Å². The van der Waals surface area contributed by atoms with E-state index in [1.54, 1.807) is 0 Å². The number of aromatic nitrogens is 1. The van der Waals surface area contributed by atoms with Gasteiger partial charge in [0.2, 0.25) is 0 Å². The predicted octanol–water partition coefficient (Wildman–Crippen LogP) is 3.92. The van der Waals surface area contributed by atoms with Gasteiger partial charge in [-0.15, -0.1) is 0 Å². The monoisotopic (exact) mass is 264 g/mol. The Bertz CT molecular complexity index is 741. The second kappa shape index (κ2) is 4.76. The molecule has 1 N–H and O–H groups in total. The maximum atomic E-state index is 5.45. The maximum Gasteiger partial charge on any atom is 0.167 e. The minimum Gasteiger partial charge on any atom is -0.356 e. The molecule has 0 amide bonds. The highest BCUT2D eigenvalue weighted by Crippen LogP contribution is 2.35. The van der Waals surface area contributed by atoms with Gasteiger partial charge in [-0.2, -0.15) is 0 Å². The van der Waals surface area contributed by atoms with E-state index in [4.69, 9.17) is 4.52 Å². The number of nitrogens with zero attached hydrogens (tertiary/aromatic N) is 1. The van der Waals surface area contributed by atoms with Crippen LogP contribution in [-0.2, 0) is 0 Å². The molecule has 1 aliphatic heterocycles. The summed E-state index contributed by atoms with van der Waals surface area (Å²) >= 11 is 0. The van der Waals surface area contributed by atoms with Crippen molar-refractivity contribution in [3.05, 3.63) is 54.1 Å². The molecule has 3 nitrogen and oxygen atoms in total. The van der Waals surface area contributed by atoms with Crippen molar-refractivity contribution in [2.75, 3.05) is 6.54 Å². The van der Waals surface area contributed by atoms with Crippen molar-refractivity contribution in [2.45, 2.75) is 18.9 Å². The quantitative estimate of drug-likeness (QED) is 0.762. The molecule has 0 aliphatic carbocycles. The summed E-state index contributed by atoms with van der Waals surface area (Å²) in [7, 11) is 0. The smallest absolute Gasteiger partial charge is 0.167 e. The van der Waals surface area contributed by atoms with Crippen LogP contribution in [-0.4, -0.2) is 11.7 Å². The molecule has 3 heteroatoms.